The van der Waals surface area contributed by atoms with Crippen molar-refractivity contribution in [1.82, 2.24) is 13.7 Å². The summed E-state index contributed by atoms with van der Waals surface area (Å²) in [5.41, 5.74) is 9.79. The molecule has 3 aromatic heterocycles. The van der Waals surface area contributed by atoms with Crippen molar-refractivity contribution in [3.05, 3.63) is 188 Å². The lowest BCUT2D eigenvalue weighted by Crippen LogP contribution is -2.03. The number of rotatable bonds is 5. The highest BCUT2D eigenvalue weighted by molar-refractivity contribution is 7.91. The van der Waals surface area contributed by atoms with Crippen molar-refractivity contribution in [1.29, 1.82) is 5.26 Å². The van der Waals surface area contributed by atoms with E-state index in [9.17, 15) is 13.7 Å². The number of para-hydroxylation sites is 4. The molecule has 11 aromatic rings. The normalized spacial score (nSPS) is 12.1. The van der Waals surface area contributed by atoms with Crippen molar-refractivity contribution >= 4 is 75.3 Å². The summed E-state index contributed by atoms with van der Waals surface area (Å²) in [6.45, 7) is 0. The highest BCUT2D eigenvalue weighted by atomic mass is 32.2. The van der Waals surface area contributed by atoms with E-state index in [-0.39, 0.29) is 9.79 Å². The summed E-state index contributed by atoms with van der Waals surface area (Å²) in [6, 6.07) is 62.4. The SMILES string of the molecule is N#Cc1ccc(S(=O)(=O)c2ccc(-n3c4cc5c(cc4c4ccc6c7ccccc7n(-c7ccccc7)c6c43)c3ccccc3n5-c3ccccc3)cc2)cc1. The minimum absolute atomic E-state index is 0.145. The van der Waals surface area contributed by atoms with E-state index in [1.54, 1.807) is 12.1 Å². The number of sulfone groups is 1. The van der Waals surface area contributed by atoms with Crippen molar-refractivity contribution in [3.8, 4) is 23.1 Å². The molecule has 6 nitrogen and oxygen atoms in total. The van der Waals surface area contributed by atoms with Crippen LogP contribution in [-0.4, -0.2) is 22.1 Å². The average Bonchev–Trinajstić information content (AvgIpc) is 3.89. The second-order valence-electron chi connectivity index (χ2n) is 14.1. The maximum atomic E-state index is 13.8. The second-order valence-corrected chi connectivity index (χ2v) is 16.0. The van der Waals surface area contributed by atoms with Crippen LogP contribution in [0.15, 0.2) is 192 Å². The Bertz CT molecular complexity index is 3520. The fourth-order valence-corrected chi connectivity index (χ4v) is 9.86. The minimum atomic E-state index is -3.84. The number of nitriles is 1. The van der Waals surface area contributed by atoms with Gasteiger partial charge in [-0.15, -0.1) is 0 Å². The van der Waals surface area contributed by atoms with Gasteiger partial charge in [-0.3, -0.25) is 0 Å². The molecular formula is C49H30N4O2S. The van der Waals surface area contributed by atoms with E-state index in [0.717, 1.165) is 77.1 Å². The molecule has 0 amide bonds. The minimum Gasteiger partial charge on any atom is -0.309 e. The molecule has 0 spiro atoms. The van der Waals surface area contributed by atoms with Crippen molar-refractivity contribution < 1.29 is 8.42 Å². The van der Waals surface area contributed by atoms with E-state index in [2.05, 4.69) is 141 Å². The zero-order chi connectivity index (χ0) is 37.5. The molecule has 0 fully saturated rings. The average molecular weight is 739 g/mol. The van der Waals surface area contributed by atoms with E-state index >= 15 is 0 Å². The molecule has 0 bridgehead atoms. The topological polar surface area (TPSA) is 72.7 Å². The summed E-state index contributed by atoms with van der Waals surface area (Å²) in [5.74, 6) is 0. The number of fused-ring (bicyclic) bond motifs is 10. The lowest BCUT2D eigenvalue weighted by Gasteiger charge is -2.13. The number of aromatic nitrogens is 3. The van der Waals surface area contributed by atoms with Gasteiger partial charge in [-0.05, 0) is 97.1 Å². The molecule has 7 heteroatoms. The fourth-order valence-electron chi connectivity index (χ4n) is 8.60. The smallest absolute Gasteiger partial charge is 0.206 e. The van der Waals surface area contributed by atoms with Crippen LogP contribution in [-0.2, 0) is 9.84 Å². The molecule has 0 N–H and O–H groups in total. The molecule has 0 aliphatic heterocycles. The largest absolute Gasteiger partial charge is 0.309 e. The van der Waals surface area contributed by atoms with Crippen LogP contribution in [0.4, 0.5) is 0 Å². The predicted molar refractivity (Wildman–Crippen MR) is 226 cm³/mol. The summed E-state index contributed by atoms with van der Waals surface area (Å²) in [4.78, 5) is 0.327. The third kappa shape index (κ3) is 4.57. The first-order chi connectivity index (χ1) is 27.5. The Morgan fingerprint density at radius 3 is 1.41 bits per heavy atom. The monoisotopic (exact) mass is 738 g/mol. The number of hydrogen-bond donors (Lipinski definition) is 0. The molecule has 0 saturated heterocycles. The molecule has 8 aromatic carbocycles. The highest BCUT2D eigenvalue weighted by Gasteiger charge is 2.24. The molecule has 0 saturated carbocycles. The standard InChI is InChI=1S/C49H30N4O2S/c50-31-32-19-23-36(24-20-32)56(54,55)37-25-21-35(22-26-37)53-47-30-46-42(39-16-8-9-17-44(39)51(46)33-11-3-1-4-12-33)29-43(47)41-28-27-40-38-15-7-10-18-45(38)52(48(40)49(41)53)34-13-5-2-6-14-34/h1-30H. The van der Waals surface area contributed by atoms with Crippen LogP contribution in [0.5, 0.6) is 0 Å². The molecule has 11 rings (SSSR count). The van der Waals surface area contributed by atoms with Crippen LogP contribution in [0.3, 0.4) is 0 Å². The molecule has 3 heterocycles. The predicted octanol–water partition coefficient (Wildman–Crippen LogP) is 11.7. The zero-order valence-electron chi connectivity index (χ0n) is 29.8. The van der Waals surface area contributed by atoms with Gasteiger partial charge >= 0.3 is 0 Å². The lowest BCUT2D eigenvalue weighted by atomic mass is 10.1. The van der Waals surface area contributed by atoms with Crippen LogP contribution >= 0.6 is 0 Å². The van der Waals surface area contributed by atoms with E-state index in [0.29, 0.717) is 5.56 Å². The van der Waals surface area contributed by atoms with Gasteiger partial charge in [0.1, 0.15) is 0 Å². The van der Waals surface area contributed by atoms with Crippen LogP contribution in [0, 0.1) is 11.3 Å². The Labute approximate surface area is 321 Å². The molecule has 0 aliphatic rings. The van der Waals surface area contributed by atoms with E-state index in [1.165, 1.54) is 29.7 Å². The van der Waals surface area contributed by atoms with Gasteiger partial charge in [-0.2, -0.15) is 5.26 Å². The maximum absolute atomic E-state index is 13.8. The van der Waals surface area contributed by atoms with E-state index in [4.69, 9.17) is 0 Å². The molecule has 264 valence electrons. The lowest BCUT2D eigenvalue weighted by molar-refractivity contribution is 0.596. The van der Waals surface area contributed by atoms with Gasteiger partial charge in [0.25, 0.3) is 0 Å². The van der Waals surface area contributed by atoms with Gasteiger partial charge in [0.05, 0.1) is 54.5 Å². The Balaban J connectivity index is 1.27. The van der Waals surface area contributed by atoms with Gasteiger partial charge in [-0.1, -0.05) is 84.9 Å². The molecule has 0 unspecified atom stereocenters. The summed E-state index contributed by atoms with van der Waals surface area (Å²) < 4.78 is 34.7. The first kappa shape index (κ1) is 32.1. The summed E-state index contributed by atoms with van der Waals surface area (Å²) in [7, 11) is -3.84. The molecule has 0 aliphatic carbocycles. The van der Waals surface area contributed by atoms with Crippen molar-refractivity contribution in [2.75, 3.05) is 0 Å². The zero-order valence-corrected chi connectivity index (χ0v) is 30.7. The van der Waals surface area contributed by atoms with Gasteiger partial charge in [-0.25, -0.2) is 8.42 Å². The highest BCUT2D eigenvalue weighted by Crippen LogP contribution is 2.44. The van der Waals surface area contributed by atoms with Crippen LogP contribution < -0.4 is 0 Å². The molecule has 0 atom stereocenters. The second kappa shape index (κ2) is 12.1. The number of benzene rings is 8. The van der Waals surface area contributed by atoms with Gasteiger partial charge in [0.15, 0.2) is 0 Å². The maximum Gasteiger partial charge on any atom is 0.206 e. The third-order valence-corrected chi connectivity index (χ3v) is 12.9. The Morgan fingerprint density at radius 1 is 0.375 bits per heavy atom. The first-order valence-electron chi connectivity index (χ1n) is 18.4. The summed E-state index contributed by atoms with van der Waals surface area (Å²) in [6.07, 6.45) is 0. The molecule has 0 radical (unpaired) electrons. The van der Waals surface area contributed by atoms with E-state index < -0.39 is 9.84 Å². The van der Waals surface area contributed by atoms with Gasteiger partial charge in [0, 0.05) is 49.4 Å². The Hall–Kier alpha value is -7.40. The van der Waals surface area contributed by atoms with Gasteiger partial charge in [0.2, 0.25) is 9.84 Å². The molecular weight excluding hydrogens is 709 g/mol. The Morgan fingerprint density at radius 2 is 0.804 bits per heavy atom. The van der Waals surface area contributed by atoms with Crippen molar-refractivity contribution in [2.24, 2.45) is 0 Å². The summed E-state index contributed by atoms with van der Waals surface area (Å²) in [5, 5.41) is 16.1. The number of nitrogens with zero attached hydrogens (tertiary/aromatic N) is 4. The van der Waals surface area contributed by atoms with Crippen LogP contribution in [0.25, 0.3) is 82.5 Å². The van der Waals surface area contributed by atoms with Gasteiger partial charge < -0.3 is 13.7 Å². The van der Waals surface area contributed by atoms with Crippen LogP contribution in [0.2, 0.25) is 0 Å². The van der Waals surface area contributed by atoms with Crippen molar-refractivity contribution in [3.63, 3.8) is 0 Å². The quantitative estimate of drug-likeness (QED) is 0.176. The van der Waals surface area contributed by atoms with Crippen LogP contribution in [0.1, 0.15) is 5.56 Å². The van der Waals surface area contributed by atoms with E-state index in [1.807, 2.05) is 24.3 Å². The fraction of sp³-hybridized carbons (Fsp3) is 0. The summed E-state index contributed by atoms with van der Waals surface area (Å²) >= 11 is 0. The van der Waals surface area contributed by atoms with Crippen molar-refractivity contribution in [2.45, 2.75) is 9.79 Å². The Kier molecular flexibility index (Phi) is 6.90. The third-order valence-electron chi connectivity index (χ3n) is 11.1. The number of hydrogen-bond acceptors (Lipinski definition) is 3. The first-order valence-corrected chi connectivity index (χ1v) is 19.9. The molecule has 56 heavy (non-hydrogen) atoms.